The van der Waals surface area contributed by atoms with E-state index >= 15 is 0 Å². The fourth-order valence-corrected chi connectivity index (χ4v) is 7.55. The molecule has 18 N–H and O–H groups in total. The number of nitrogens with one attached hydrogen (secondary N) is 7. The largest absolute Gasteiger partial charge is 0.508 e. The van der Waals surface area contributed by atoms with Crippen molar-refractivity contribution in [3.63, 3.8) is 0 Å². The Morgan fingerprint density at radius 1 is 0.627 bits per heavy atom. The summed E-state index contributed by atoms with van der Waals surface area (Å²) in [7, 11) is 0. The van der Waals surface area contributed by atoms with E-state index in [0.717, 1.165) is 0 Å². The van der Waals surface area contributed by atoms with Gasteiger partial charge in [0, 0.05) is 19.4 Å². The summed E-state index contributed by atoms with van der Waals surface area (Å²) in [5, 5.41) is 65.8. The van der Waals surface area contributed by atoms with E-state index < -0.39 is 158 Å². The van der Waals surface area contributed by atoms with E-state index in [1.807, 2.05) is 0 Å². The molecule has 2 rings (SSSR count). The van der Waals surface area contributed by atoms with Crippen molar-refractivity contribution in [3.05, 3.63) is 29.8 Å². The number of carbonyl (C=O) groups is 10. The fourth-order valence-electron chi connectivity index (χ4n) is 7.55. The summed E-state index contributed by atoms with van der Waals surface area (Å²) in [5.41, 5.74) is 17.6. The maximum Gasteiger partial charge on any atom is 0.326 e. The summed E-state index contributed by atoms with van der Waals surface area (Å²) in [4.78, 5) is 136. The van der Waals surface area contributed by atoms with Gasteiger partial charge in [0.15, 0.2) is 12.2 Å². The summed E-state index contributed by atoms with van der Waals surface area (Å²) >= 11 is 0. The van der Waals surface area contributed by atoms with E-state index in [1.165, 1.54) is 24.3 Å². The van der Waals surface area contributed by atoms with Crippen molar-refractivity contribution in [1.29, 1.82) is 0 Å². The predicted molar refractivity (Wildman–Crippen MR) is 268 cm³/mol. The molecule has 0 spiro atoms. The van der Waals surface area contributed by atoms with E-state index in [9.17, 15) is 73.5 Å². The average molecular weight is 1060 g/mol. The van der Waals surface area contributed by atoms with Crippen LogP contribution in [0.1, 0.15) is 111 Å². The van der Waals surface area contributed by atoms with E-state index in [4.69, 9.17) is 21.9 Å². The molecule has 0 radical (unpaired) electrons. The number of nitrogens with two attached hydrogens (primary N) is 3. The first-order chi connectivity index (χ1) is 35.1. The highest BCUT2D eigenvalue weighted by atomic mass is 16.7. The zero-order chi connectivity index (χ0) is 56.7. The molecule has 0 aromatic heterocycles. The van der Waals surface area contributed by atoms with Crippen LogP contribution in [-0.4, -0.2) is 158 Å². The number of aliphatic hydroxyl groups is 1. The Morgan fingerprint density at radius 2 is 1.07 bits per heavy atom. The van der Waals surface area contributed by atoms with Gasteiger partial charge in [-0.1, -0.05) is 60.1 Å². The Kier molecular flexibility index (Phi) is 26.9. The van der Waals surface area contributed by atoms with E-state index in [-0.39, 0.29) is 69.1 Å². The predicted octanol–water partition coefficient (Wildman–Crippen LogP) is -2.23. The van der Waals surface area contributed by atoms with Crippen LogP contribution in [0, 0.1) is 17.8 Å². The van der Waals surface area contributed by atoms with E-state index in [1.54, 1.807) is 41.5 Å². The molecule has 0 bridgehead atoms. The quantitative estimate of drug-likeness (QED) is 0.0148. The third kappa shape index (κ3) is 23.7. The maximum absolute atomic E-state index is 14.3. The van der Waals surface area contributed by atoms with Crippen molar-refractivity contribution in [1.82, 2.24) is 37.2 Å². The standard InChI is InChI=1S/C48H77N11O16/c1-7-25(6)38(45(71)56-29(9-8-20-52-48(50)51)42(68)58-37(24(4)5)44(70)57-33(46(72)73)21-23(2)3)59-43(69)30(14-17-34-47(74)75-34)54-41(67)32(16-19-36(63)64)55-40(66)31(15-18-35(61)62)53-39(65)28(49)22-26-10-12-27(60)13-11-26/h10-13,23-25,28-34,37-38,47,60,74H,7-9,14-22,49H2,1-6H3,(H,53,65)(H,54,67)(H,55,66)(H,56,71)(H,57,70)(H,58,68)(H,59,69)(H,61,62)(H,63,64)(H,72,73)(H4,50,51,52). The molecule has 1 aromatic carbocycles. The van der Waals surface area contributed by atoms with Gasteiger partial charge in [0.05, 0.1) is 6.04 Å². The number of amides is 7. The minimum Gasteiger partial charge on any atom is -0.508 e. The molecule has 420 valence electrons. The van der Waals surface area contributed by atoms with Crippen LogP contribution in [-0.2, 0) is 59.1 Å². The summed E-state index contributed by atoms with van der Waals surface area (Å²) in [6.45, 7) is 10.2. The molecule has 1 saturated heterocycles. The molecule has 7 amide bonds. The van der Waals surface area contributed by atoms with Gasteiger partial charge in [0.25, 0.3) is 0 Å². The molecule has 27 heteroatoms. The van der Waals surface area contributed by atoms with Crippen LogP contribution in [0.2, 0.25) is 0 Å². The molecule has 0 aliphatic carbocycles. The molecule has 1 aliphatic rings. The molecule has 11 unspecified atom stereocenters. The molecule has 27 nitrogen and oxygen atoms in total. The first kappa shape index (κ1) is 64.0. The van der Waals surface area contributed by atoms with Crippen LogP contribution >= 0.6 is 0 Å². The van der Waals surface area contributed by atoms with Crippen molar-refractivity contribution in [2.24, 2.45) is 39.9 Å². The number of carboxylic acid groups (broad SMARTS) is 3. The Balaban J connectivity index is 2.45. The fraction of sp³-hybridized carbons (Fsp3) is 0.646. The Labute approximate surface area is 434 Å². The number of aromatic hydroxyl groups is 1. The third-order valence-electron chi connectivity index (χ3n) is 12.2. The highest BCUT2D eigenvalue weighted by Gasteiger charge is 2.40. The molecule has 11 atom stereocenters. The number of hydrogen-bond donors (Lipinski definition) is 15. The number of phenolic OH excluding ortho intramolecular Hbond substituents is 1. The zero-order valence-corrected chi connectivity index (χ0v) is 43.2. The molecule has 1 aromatic rings. The van der Waals surface area contributed by atoms with Crippen molar-refractivity contribution >= 4 is 65.2 Å². The first-order valence-electron chi connectivity index (χ1n) is 24.8. The summed E-state index contributed by atoms with van der Waals surface area (Å²) in [6.07, 6.45) is -4.18. The summed E-state index contributed by atoms with van der Waals surface area (Å²) in [6, 6.07) is -5.67. The third-order valence-corrected chi connectivity index (χ3v) is 12.2. The van der Waals surface area contributed by atoms with Gasteiger partial charge in [0.1, 0.15) is 54.1 Å². The number of hydrogen-bond acceptors (Lipinski definition) is 15. The highest BCUT2D eigenvalue weighted by molar-refractivity contribution is 5.98. The number of phenols is 1. The first-order valence-corrected chi connectivity index (χ1v) is 24.8. The molecular weight excluding hydrogens is 987 g/mol. The van der Waals surface area contributed by atoms with Gasteiger partial charge in [-0.25, -0.2) is 4.79 Å². The number of carbonyl (C=O) groups excluding carboxylic acids is 7. The van der Waals surface area contributed by atoms with Crippen LogP contribution < -0.4 is 54.4 Å². The number of guanidine groups is 1. The molecule has 0 saturated carbocycles. The van der Waals surface area contributed by atoms with Crippen LogP contribution in [0.25, 0.3) is 0 Å². The minimum absolute atomic E-state index is 0.0209. The lowest BCUT2D eigenvalue weighted by Crippen LogP contribution is -2.61. The van der Waals surface area contributed by atoms with Crippen molar-refractivity contribution in [2.75, 3.05) is 6.54 Å². The SMILES string of the molecule is CCC(C)C(NC(=O)C(CCC1OC1O)NC(=O)C(CCC(=O)O)NC(=O)C(CCC(=O)O)NC(=O)C(N)Cc1ccc(O)cc1)C(=O)NC(CCCN=C(N)N)C(=O)NC(C(=O)NC(CC(C)C)C(=O)O)C(C)C. The molecule has 1 fully saturated rings. The Hall–Kier alpha value is -7.13. The number of aliphatic carboxylic acids is 3. The second-order valence-electron chi connectivity index (χ2n) is 19.3. The number of rotatable bonds is 35. The van der Waals surface area contributed by atoms with Gasteiger partial charge in [0.2, 0.25) is 41.4 Å². The van der Waals surface area contributed by atoms with Gasteiger partial charge in [-0.2, -0.15) is 0 Å². The number of carboxylic acids is 3. The zero-order valence-electron chi connectivity index (χ0n) is 43.2. The van der Waals surface area contributed by atoms with E-state index in [0.29, 0.717) is 5.56 Å². The Morgan fingerprint density at radius 3 is 1.52 bits per heavy atom. The average Bonchev–Trinajstić information content (AvgIpc) is 4.05. The normalized spacial score (nSPS) is 17.5. The number of benzene rings is 1. The summed E-state index contributed by atoms with van der Waals surface area (Å²) in [5.74, 6) is -12.1. The van der Waals surface area contributed by atoms with Crippen molar-refractivity contribution in [3.8, 4) is 5.75 Å². The molecule has 1 heterocycles. The number of nitrogens with zero attached hydrogens (tertiary/aromatic N) is 1. The van der Waals surface area contributed by atoms with Crippen LogP contribution in [0.3, 0.4) is 0 Å². The minimum atomic E-state index is -1.71. The number of aliphatic hydroxyl groups excluding tert-OH is 1. The second kappa shape index (κ2) is 31.6. The van der Waals surface area contributed by atoms with Gasteiger partial charge in [-0.15, -0.1) is 0 Å². The summed E-state index contributed by atoms with van der Waals surface area (Å²) < 4.78 is 5.08. The van der Waals surface area contributed by atoms with Gasteiger partial charge in [-0.3, -0.25) is 48.1 Å². The lowest BCUT2D eigenvalue weighted by molar-refractivity contribution is -0.143. The maximum atomic E-state index is 14.3. The monoisotopic (exact) mass is 1060 g/mol. The second-order valence-corrected chi connectivity index (χ2v) is 19.3. The van der Waals surface area contributed by atoms with Gasteiger partial charge in [-0.05, 0) is 86.8 Å². The van der Waals surface area contributed by atoms with E-state index in [2.05, 4.69) is 42.2 Å². The smallest absolute Gasteiger partial charge is 0.326 e. The highest BCUT2D eigenvalue weighted by Crippen LogP contribution is 2.25. The van der Waals surface area contributed by atoms with Gasteiger partial charge >= 0.3 is 17.9 Å². The van der Waals surface area contributed by atoms with Crippen molar-refractivity contribution < 1.29 is 78.2 Å². The van der Waals surface area contributed by atoms with Crippen LogP contribution in [0.5, 0.6) is 5.75 Å². The Bertz CT molecular complexity index is 2160. The number of epoxide rings is 1. The van der Waals surface area contributed by atoms with Crippen molar-refractivity contribution in [2.45, 2.75) is 173 Å². The lowest BCUT2D eigenvalue weighted by Gasteiger charge is -2.30. The molecule has 1 aliphatic heterocycles. The van der Waals surface area contributed by atoms with Crippen LogP contribution in [0.15, 0.2) is 29.3 Å². The number of aliphatic imine (C=N–C) groups is 1. The van der Waals surface area contributed by atoms with Crippen LogP contribution in [0.4, 0.5) is 0 Å². The lowest BCUT2D eigenvalue weighted by atomic mass is 9.96. The number of ether oxygens (including phenoxy) is 1. The topological polar surface area (TPSA) is 459 Å². The molecule has 75 heavy (non-hydrogen) atoms. The van der Waals surface area contributed by atoms with Gasteiger partial charge < -0.3 is 84.7 Å². The molecular formula is C48H77N11O16.